The Kier molecular flexibility index (Phi) is 8.29. The maximum atomic E-state index is 13.0. The van der Waals surface area contributed by atoms with Crippen molar-refractivity contribution >= 4 is 0 Å². The highest BCUT2D eigenvalue weighted by Crippen LogP contribution is 2.33. The Hall–Kier alpha value is -0.710. The Morgan fingerprint density at radius 1 is 0.955 bits per heavy atom. The van der Waals surface area contributed by atoms with Gasteiger partial charge in [-0.05, 0) is 25.8 Å². The number of alkyl halides is 3. The van der Waals surface area contributed by atoms with E-state index < -0.39 is 17.5 Å². The second-order valence-electron chi connectivity index (χ2n) is 6.22. The number of hydrogen-bond acceptors (Lipinski definition) is 2. The monoisotopic (exact) mass is 322 g/mol. The van der Waals surface area contributed by atoms with Gasteiger partial charge in [-0.25, -0.2) is 0 Å². The maximum absolute atomic E-state index is 13.0. The van der Waals surface area contributed by atoms with Crippen molar-refractivity contribution in [3.8, 4) is 0 Å². The molecule has 0 aromatic heterocycles. The van der Waals surface area contributed by atoms with Crippen molar-refractivity contribution < 1.29 is 23.0 Å². The van der Waals surface area contributed by atoms with Crippen LogP contribution in [0.15, 0.2) is 11.8 Å². The van der Waals surface area contributed by atoms with E-state index in [0.29, 0.717) is 12.8 Å². The van der Waals surface area contributed by atoms with Gasteiger partial charge in [0.25, 0.3) is 0 Å². The average molecular weight is 322 g/mol. The van der Waals surface area contributed by atoms with Gasteiger partial charge in [-0.3, -0.25) is 0 Å². The standard InChI is InChI=1S/C17H29F3O2/c1-2-22-15(17(18,19)20)14-16(21)12-10-8-6-4-3-5-7-9-11-13-16/h14,21H,2-13H2,1H3/b15-14+. The van der Waals surface area contributed by atoms with Gasteiger partial charge in [0.1, 0.15) is 0 Å². The first-order valence-electron chi connectivity index (χ1n) is 8.52. The molecule has 0 radical (unpaired) electrons. The Morgan fingerprint density at radius 3 is 1.73 bits per heavy atom. The zero-order chi connectivity index (χ0) is 16.5. The van der Waals surface area contributed by atoms with Gasteiger partial charge >= 0.3 is 6.18 Å². The molecule has 1 aliphatic rings. The first kappa shape index (κ1) is 19.3. The molecular formula is C17H29F3O2. The van der Waals surface area contributed by atoms with Gasteiger partial charge < -0.3 is 9.84 Å². The SMILES string of the molecule is CCO/C(=C/C1(O)CCCCCCCCCCC1)C(F)(F)F. The molecule has 0 aromatic carbocycles. The highest BCUT2D eigenvalue weighted by atomic mass is 19.4. The number of rotatable bonds is 3. The minimum Gasteiger partial charge on any atom is -0.489 e. The summed E-state index contributed by atoms with van der Waals surface area (Å²) < 4.78 is 43.6. The molecule has 0 spiro atoms. The summed E-state index contributed by atoms with van der Waals surface area (Å²) in [6.45, 7) is 1.46. The number of ether oxygens (including phenoxy) is 1. The number of allylic oxidation sites excluding steroid dienone is 1. The summed E-state index contributed by atoms with van der Waals surface area (Å²) in [5.41, 5.74) is -1.40. The molecule has 0 bridgehead atoms. The van der Waals surface area contributed by atoms with Gasteiger partial charge in [-0.1, -0.05) is 57.8 Å². The van der Waals surface area contributed by atoms with Gasteiger partial charge in [0.15, 0.2) is 5.76 Å². The molecule has 0 amide bonds. The molecule has 0 saturated heterocycles. The lowest BCUT2D eigenvalue weighted by molar-refractivity contribution is -0.132. The summed E-state index contributed by atoms with van der Waals surface area (Å²) in [6, 6.07) is 0. The molecule has 2 nitrogen and oxygen atoms in total. The fraction of sp³-hybridized carbons (Fsp3) is 0.882. The molecule has 22 heavy (non-hydrogen) atoms. The quantitative estimate of drug-likeness (QED) is 0.695. The third kappa shape index (κ3) is 7.52. The molecule has 5 heteroatoms. The third-order valence-corrected chi connectivity index (χ3v) is 4.20. The first-order valence-corrected chi connectivity index (χ1v) is 8.52. The van der Waals surface area contributed by atoms with Crippen LogP contribution in [0.1, 0.15) is 77.6 Å². The number of aliphatic hydroxyl groups is 1. The van der Waals surface area contributed by atoms with E-state index in [1.165, 1.54) is 26.2 Å². The van der Waals surface area contributed by atoms with Crippen LogP contribution >= 0.6 is 0 Å². The molecule has 0 unspecified atom stereocenters. The fourth-order valence-corrected chi connectivity index (χ4v) is 2.97. The zero-order valence-electron chi connectivity index (χ0n) is 13.6. The molecule has 0 aromatic rings. The highest BCUT2D eigenvalue weighted by molar-refractivity contribution is 5.10. The molecule has 1 aliphatic carbocycles. The molecule has 0 heterocycles. The lowest BCUT2D eigenvalue weighted by atomic mass is 9.88. The third-order valence-electron chi connectivity index (χ3n) is 4.20. The molecule has 130 valence electrons. The molecular weight excluding hydrogens is 293 g/mol. The molecule has 0 atom stereocenters. The van der Waals surface area contributed by atoms with Crippen molar-refractivity contribution in [3.05, 3.63) is 11.8 Å². The highest BCUT2D eigenvalue weighted by Gasteiger charge is 2.39. The van der Waals surface area contributed by atoms with Crippen molar-refractivity contribution in [2.45, 2.75) is 89.3 Å². The fourth-order valence-electron chi connectivity index (χ4n) is 2.97. The van der Waals surface area contributed by atoms with E-state index in [2.05, 4.69) is 0 Å². The minimum absolute atomic E-state index is 0.0541. The van der Waals surface area contributed by atoms with Gasteiger partial charge in [0.2, 0.25) is 0 Å². The molecule has 0 aliphatic heterocycles. The Bertz CT molecular complexity index is 325. The topological polar surface area (TPSA) is 29.5 Å². The van der Waals surface area contributed by atoms with Crippen LogP contribution in [0.2, 0.25) is 0 Å². The lowest BCUT2D eigenvalue weighted by Crippen LogP contribution is -2.29. The lowest BCUT2D eigenvalue weighted by Gasteiger charge is -2.27. The van der Waals surface area contributed by atoms with Crippen LogP contribution in [0.3, 0.4) is 0 Å². The number of hydrogen-bond donors (Lipinski definition) is 1. The van der Waals surface area contributed by atoms with Crippen molar-refractivity contribution in [1.82, 2.24) is 0 Å². The zero-order valence-corrected chi connectivity index (χ0v) is 13.6. The van der Waals surface area contributed by atoms with E-state index in [4.69, 9.17) is 4.74 Å². The maximum Gasteiger partial charge on any atom is 0.448 e. The van der Waals surface area contributed by atoms with Crippen LogP contribution in [-0.2, 0) is 4.74 Å². The van der Waals surface area contributed by atoms with Gasteiger partial charge in [-0.15, -0.1) is 0 Å². The summed E-state index contributed by atoms with van der Waals surface area (Å²) in [5.74, 6) is -1.05. The van der Waals surface area contributed by atoms with Crippen molar-refractivity contribution in [1.29, 1.82) is 0 Å². The van der Waals surface area contributed by atoms with Crippen LogP contribution in [0.25, 0.3) is 0 Å². The second kappa shape index (κ2) is 9.43. The van der Waals surface area contributed by atoms with E-state index in [0.717, 1.165) is 44.6 Å². The van der Waals surface area contributed by atoms with E-state index in [9.17, 15) is 18.3 Å². The number of halogens is 3. The van der Waals surface area contributed by atoms with E-state index >= 15 is 0 Å². The smallest absolute Gasteiger partial charge is 0.448 e. The Labute approximate surface area is 131 Å². The molecule has 1 fully saturated rings. The van der Waals surface area contributed by atoms with Crippen LogP contribution in [-0.4, -0.2) is 23.5 Å². The van der Waals surface area contributed by atoms with Crippen molar-refractivity contribution in [2.75, 3.05) is 6.61 Å². The second-order valence-corrected chi connectivity index (χ2v) is 6.22. The predicted molar refractivity (Wildman–Crippen MR) is 81.5 cm³/mol. The largest absolute Gasteiger partial charge is 0.489 e. The van der Waals surface area contributed by atoms with Crippen LogP contribution < -0.4 is 0 Å². The summed E-state index contributed by atoms with van der Waals surface area (Å²) in [4.78, 5) is 0. The van der Waals surface area contributed by atoms with Crippen LogP contribution in [0, 0.1) is 0 Å². The Balaban J connectivity index is 2.81. The molecule has 1 saturated carbocycles. The molecule has 1 N–H and O–H groups in total. The summed E-state index contributed by atoms with van der Waals surface area (Å²) in [5, 5.41) is 10.7. The van der Waals surface area contributed by atoms with Gasteiger partial charge in [0.05, 0.1) is 12.2 Å². The van der Waals surface area contributed by atoms with Crippen molar-refractivity contribution in [2.24, 2.45) is 0 Å². The molecule has 1 rings (SSSR count). The first-order chi connectivity index (χ1) is 10.4. The summed E-state index contributed by atoms with van der Waals surface area (Å²) in [6.07, 6.45) is 6.35. The normalized spacial score (nSPS) is 22.5. The van der Waals surface area contributed by atoms with E-state index in [-0.39, 0.29) is 6.61 Å². The summed E-state index contributed by atoms with van der Waals surface area (Å²) >= 11 is 0. The van der Waals surface area contributed by atoms with Gasteiger partial charge in [0, 0.05) is 0 Å². The van der Waals surface area contributed by atoms with Gasteiger partial charge in [-0.2, -0.15) is 13.2 Å². The minimum atomic E-state index is -4.55. The van der Waals surface area contributed by atoms with Crippen molar-refractivity contribution in [3.63, 3.8) is 0 Å². The predicted octanol–water partition coefficient (Wildman–Crippen LogP) is 5.50. The van der Waals surface area contributed by atoms with Crippen LogP contribution in [0.4, 0.5) is 13.2 Å². The summed E-state index contributed by atoms with van der Waals surface area (Å²) in [7, 11) is 0. The average Bonchev–Trinajstić information content (AvgIpc) is 2.42. The van der Waals surface area contributed by atoms with E-state index in [1.807, 2.05) is 0 Å². The van der Waals surface area contributed by atoms with Crippen LogP contribution in [0.5, 0.6) is 0 Å². The Morgan fingerprint density at radius 2 is 1.36 bits per heavy atom. The van der Waals surface area contributed by atoms with E-state index in [1.54, 1.807) is 0 Å².